The molecule has 2 unspecified atom stereocenters. The summed E-state index contributed by atoms with van der Waals surface area (Å²) in [4.78, 5) is 43.3. The highest BCUT2D eigenvalue weighted by molar-refractivity contribution is 6.02. The van der Waals surface area contributed by atoms with Crippen molar-refractivity contribution >= 4 is 23.4 Å². The minimum atomic E-state index is -1.09. The monoisotopic (exact) mass is 527 g/mol. The Morgan fingerprint density at radius 1 is 1.13 bits per heavy atom. The Bertz CT molecular complexity index is 1050. The molecule has 3 N–H and O–H groups in total. The van der Waals surface area contributed by atoms with E-state index in [2.05, 4.69) is 10.6 Å². The number of nitrogens with one attached hydrogen (secondary N) is 2. The maximum absolute atomic E-state index is 14.1. The van der Waals surface area contributed by atoms with Crippen LogP contribution in [0.15, 0.2) is 24.3 Å². The molecule has 9 heteroatoms. The van der Waals surface area contributed by atoms with E-state index < -0.39 is 35.1 Å². The van der Waals surface area contributed by atoms with Gasteiger partial charge in [-0.2, -0.15) is 0 Å². The zero-order valence-corrected chi connectivity index (χ0v) is 22.7. The van der Waals surface area contributed by atoms with Crippen molar-refractivity contribution in [3.8, 4) is 5.75 Å². The lowest BCUT2D eigenvalue weighted by atomic mass is 9.66. The fraction of sp³-hybridized carbons (Fsp3) is 0.690. The molecule has 0 radical (unpaired) electrons. The van der Waals surface area contributed by atoms with E-state index in [9.17, 15) is 19.5 Å². The molecule has 5 rings (SSSR count). The first-order valence-corrected chi connectivity index (χ1v) is 14.2. The maximum Gasteiger partial charge on any atom is 0.246 e. The summed E-state index contributed by atoms with van der Waals surface area (Å²) in [6.45, 7) is 5.99. The maximum atomic E-state index is 14.1. The van der Waals surface area contributed by atoms with Crippen molar-refractivity contribution in [3.63, 3.8) is 0 Å². The average molecular weight is 528 g/mol. The quantitative estimate of drug-likeness (QED) is 0.455. The summed E-state index contributed by atoms with van der Waals surface area (Å²) < 4.78 is 12.2. The molecule has 1 aliphatic carbocycles. The first-order chi connectivity index (χ1) is 18.3. The van der Waals surface area contributed by atoms with Crippen LogP contribution in [0.1, 0.15) is 72.1 Å². The van der Waals surface area contributed by atoms with Crippen LogP contribution in [0.25, 0.3) is 0 Å². The van der Waals surface area contributed by atoms with Crippen molar-refractivity contribution in [2.75, 3.05) is 18.5 Å². The van der Waals surface area contributed by atoms with Crippen LogP contribution in [-0.4, -0.2) is 70.3 Å². The lowest BCUT2D eigenvalue weighted by molar-refractivity contribution is -0.149. The van der Waals surface area contributed by atoms with Gasteiger partial charge in [0, 0.05) is 11.7 Å². The van der Waals surface area contributed by atoms with Crippen LogP contribution in [0.5, 0.6) is 5.75 Å². The number of ether oxygens (including phenoxy) is 2. The number of rotatable bonds is 9. The normalized spacial score (nSPS) is 33.2. The van der Waals surface area contributed by atoms with Crippen molar-refractivity contribution < 1.29 is 29.0 Å². The number of amides is 3. The van der Waals surface area contributed by atoms with Gasteiger partial charge in [0.25, 0.3) is 0 Å². The average Bonchev–Trinajstić information content (AvgIpc) is 3.48. The molecule has 1 saturated carbocycles. The van der Waals surface area contributed by atoms with Gasteiger partial charge in [0.2, 0.25) is 17.7 Å². The summed E-state index contributed by atoms with van der Waals surface area (Å²) in [5.74, 6) is -1.61. The summed E-state index contributed by atoms with van der Waals surface area (Å²) in [6, 6.07) is 5.82. The Morgan fingerprint density at radius 3 is 2.47 bits per heavy atom. The molecule has 3 amide bonds. The fourth-order valence-corrected chi connectivity index (χ4v) is 7.42. The number of hydrogen-bond acceptors (Lipinski definition) is 6. The zero-order valence-electron chi connectivity index (χ0n) is 22.7. The van der Waals surface area contributed by atoms with Crippen LogP contribution >= 0.6 is 0 Å². The van der Waals surface area contributed by atoms with Gasteiger partial charge >= 0.3 is 0 Å². The zero-order chi connectivity index (χ0) is 27.1. The van der Waals surface area contributed by atoms with Crippen LogP contribution in [0.3, 0.4) is 0 Å². The highest BCUT2D eigenvalue weighted by Gasteiger charge is 2.78. The van der Waals surface area contributed by atoms with Crippen LogP contribution in [0, 0.1) is 11.8 Å². The number of likely N-dealkylation sites (tertiary alicyclic amines) is 1. The van der Waals surface area contributed by atoms with Gasteiger partial charge in [0.05, 0.1) is 36.7 Å². The van der Waals surface area contributed by atoms with Crippen LogP contribution in [0.2, 0.25) is 0 Å². The number of benzene rings is 1. The lowest BCUT2D eigenvalue weighted by Crippen LogP contribution is -2.59. The molecule has 1 aromatic carbocycles. The number of anilines is 1. The van der Waals surface area contributed by atoms with Gasteiger partial charge < -0.3 is 30.1 Å². The second-order valence-electron chi connectivity index (χ2n) is 11.5. The second-order valence-corrected chi connectivity index (χ2v) is 11.5. The topological polar surface area (TPSA) is 117 Å². The van der Waals surface area contributed by atoms with Gasteiger partial charge in [-0.05, 0) is 70.2 Å². The third-order valence-corrected chi connectivity index (χ3v) is 9.21. The number of hydrogen-bond donors (Lipinski definition) is 3. The van der Waals surface area contributed by atoms with Gasteiger partial charge in [0.1, 0.15) is 17.4 Å². The van der Waals surface area contributed by atoms with Gasteiger partial charge in [-0.1, -0.05) is 26.2 Å². The molecule has 9 nitrogen and oxygen atoms in total. The van der Waals surface area contributed by atoms with E-state index in [1.54, 1.807) is 29.2 Å². The second kappa shape index (κ2) is 10.5. The van der Waals surface area contributed by atoms with Gasteiger partial charge in [-0.25, -0.2) is 0 Å². The molecule has 1 aromatic rings. The van der Waals surface area contributed by atoms with Gasteiger partial charge in [-0.3, -0.25) is 14.4 Å². The molecule has 2 bridgehead atoms. The highest BCUT2D eigenvalue weighted by atomic mass is 16.5. The molecule has 4 fully saturated rings. The SMILES string of the molecule is CCOc1ccc(NC(=O)[C@@H]2[C@H]3C(=O)N([C@@H](CC)CO)C(C(=O)NC4CCCCC4)C34CC[C@@]2(C)O4)cc1. The number of carbonyl (C=O) groups is 3. The van der Waals surface area contributed by atoms with Crippen molar-refractivity contribution in [1.82, 2.24) is 10.2 Å². The number of aliphatic hydroxyl groups is 1. The van der Waals surface area contributed by atoms with E-state index in [4.69, 9.17) is 9.47 Å². The number of aliphatic hydroxyl groups excluding tert-OH is 1. The molecule has 3 heterocycles. The lowest BCUT2D eigenvalue weighted by Gasteiger charge is -2.37. The van der Waals surface area contributed by atoms with E-state index in [1.807, 2.05) is 20.8 Å². The summed E-state index contributed by atoms with van der Waals surface area (Å²) in [5.41, 5.74) is -1.34. The first-order valence-electron chi connectivity index (χ1n) is 14.2. The van der Waals surface area contributed by atoms with Crippen LogP contribution in [0.4, 0.5) is 5.69 Å². The van der Waals surface area contributed by atoms with Crippen LogP contribution in [-0.2, 0) is 19.1 Å². The van der Waals surface area contributed by atoms with E-state index in [-0.39, 0.29) is 30.4 Å². The summed E-state index contributed by atoms with van der Waals surface area (Å²) >= 11 is 0. The summed E-state index contributed by atoms with van der Waals surface area (Å²) in [5, 5.41) is 16.4. The molecule has 3 aliphatic heterocycles. The Labute approximate surface area is 224 Å². The van der Waals surface area contributed by atoms with Crippen LogP contribution < -0.4 is 15.4 Å². The van der Waals surface area contributed by atoms with E-state index in [0.29, 0.717) is 37.3 Å². The molecule has 4 aliphatic rings. The van der Waals surface area contributed by atoms with Gasteiger partial charge in [-0.15, -0.1) is 0 Å². The number of fused-ring (bicyclic) bond motifs is 1. The Kier molecular flexibility index (Phi) is 7.44. The van der Waals surface area contributed by atoms with Crippen molar-refractivity contribution in [2.24, 2.45) is 11.8 Å². The Hall–Kier alpha value is -2.65. The van der Waals surface area contributed by atoms with E-state index >= 15 is 0 Å². The summed E-state index contributed by atoms with van der Waals surface area (Å²) in [6.07, 6.45) is 6.76. The van der Waals surface area contributed by atoms with Crippen molar-refractivity contribution in [1.29, 1.82) is 0 Å². The number of carbonyl (C=O) groups excluding carboxylic acids is 3. The third-order valence-electron chi connectivity index (χ3n) is 9.21. The molecule has 0 aromatic heterocycles. The standard InChI is InChI=1S/C29H41N3O6/c1-4-20(17-33)32-24(26(35)31-18-9-7-6-8-10-18)29-16-15-28(3,38-29)22(23(29)27(32)36)25(34)30-19-11-13-21(14-12-19)37-5-2/h11-14,18,20,22-24,33H,4-10,15-17H2,1-3H3,(H,30,34)(H,31,35)/t20-,22-,23-,24?,28+,29?/m0/s1. The fourth-order valence-electron chi connectivity index (χ4n) is 7.42. The minimum absolute atomic E-state index is 0.0748. The first kappa shape index (κ1) is 26.9. The smallest absolute Gasteiger partial charge is 0.246 e. The number of nitrogens with zero attached hydrogens (tertiary/aromatic N) is 1. The minimum Gasteiger partial charge on any atom is -0.494 e. The predicted molar refractivity (Wildman–Crippen MR) is 141 cm³/mol. The molecule has 38 heavy (non-hydrogen) atoms. The highest BCUT2D eigenvalue weighted by Crippen LogP contribution is 2.63. The largest absolute Gasteiger partial charge is 0.494 e. The molecule has 6 atom stereocenters. The predicted octanol–water partition coefficient (Wildman–Crippen LogP) is 3.01. The molecular formula is C29H41N3O6. The molecule has 208 valence electrons. The Morgan fingerprint density at radius 2 is 1.84 bits per heavy atom. The molecular weight excluding hydrogens is 486 g/mol. The summed E-state index contributed by atoms with van der Waals surface area (Å²) in [7, 11) is 0. The van der Waals surface area contributed by atoms with E-state index in [1.165, 1.54) is 6.42 Å². The van der Waals surface area contributed by atoms with Crippen molar-refractivity contribution in [3.05, 3.63) is 24.3 Å². The molecule has 1 spiro atoms. The van der Waals surface area contributed by atoms with Gasteiger partial charge in [0.15, 0.2) is 0 Å². The molecule has 3 saturated heterocycles. The van der Waals surface area contributed by atoms with E-state index in [0.717, 1.165) is 25.7 Å². The Balaban J connectivity index is 1.45. The third kappa shape index (κ3) is 4.37. The van der Waals surface area contributed by atoms with Crippen molar-refractivity contribution in [2.45, 2.75) is 101 Å².